The number of methoxy groups -OCH3 is 1. The topological polar surface area (TPSA) is 61.9 Å². The highest BCUT2D eigenvalue weighted by Crippen LogP contribution is 2.32. The molecule has 0 unspecified atom stereocenters. The summed E-state index contributed by atoms with van der Waals surface area (Å²) in [6.07, 6.45) is 0. The van der Waals surface area contributed by atoms with Crippen LogP contribution in [0.4, 0.5) is 11.4 Å². The van der Waals surface area contributed by atoms with Crippen molar-refractivity contribution in [2.75, 3.05) is 50.0 Å². The van der Waals surface area contributed by atoms with E-state index in [-0.39, 0.29) is 17.3 Å². The molecule has 2 aromatic carbocycles. The van der Waals surface area contributed by atoms with Crippen LogP contribution in [0.1, 0.15) is 11.1 Å². The van der Waals surface area contributed by atoms with Crippen molar-refractivity contribution < 1.29 is 13.2 Å². The minimum atomic E-state index is -3.69. The normalized spacial score (nSPS) is 15.1. The number of nitrogens with zero attached hydrogens (tertiary/aromatic N) is 2. The van der Waals surface area contributed by atoms with Crippen LogP contribution in [0, 0.1) is 13.8 Å². The molecular formula is C20H28ClN3O3S. The zero-order valence-electron chi connectivity index (χ0n) is 16.7. The number of anilines is 2. The standard InChI is InChI=1S/C20H27N3O3S.ClH/c1-15-6-5-7-18(16(15)2)21-27(24,25)17-8-9-20(26-4)19(14-17)23-12-10-22(3)11-13-23;/h5-9,14,21H,10-13H2,1-4H3;1H. The number of hydrogen-bond acceptors (Lipinski definition) is 5. The molecule has 0 bridgehead atoms. The van der Waals surface area contributed by atoms with E-state index in [9.17, 15) is 8.42 Å². The number of sulfonamides is 1. The molecule has 3 rings (SSSR count). The fraction of sp³-hybridized carbons (Fsp3) is 0.400. The Bertz CT molecular complexity index is 926. The van der Waals surface area contributed by atoms with Crippen LogP contribution in [0.5, 0.6) is 5.75 Å². The Hall–Kier alpha value is -1.96. The Labute approximate surface area is 173 Å². The van der Waals surface area contributed by atoms with Crippen molar-refractivity contribution in [3.05, 3.63) is 47.5 Å². The van der Waals surface area contributed by atoms with E-state index >= 15 is 0 Å². The molecule has 2 aromatic rings. The zero-order valence-corrected chi connectivity index (χ0v) is 18.4. The van der Waals surface area contributed by atoms with Crippen LogP contribution in [-0.4, -0.2) is 53.7 Å². The molecule has 1 heterocycles. The molecule has 28 heavy (non-hydrogen) atoms. The highest BCUT2D eigenvalue weighted by atomic mass is 35.5. The summed E-state index contributed by atoms with van der Waals surface area (Å²) in [7, 11) is 0.00328. The van der Waals surface area contributed by atoms with Crippen LogP contribution in [0.15, 0.2) is 41.3 Å². The first kappa shape index (κ1) is 22.3. The van der Waals surface area contributed by atoms with Gasteiger partial charge in [-0.05, 0) is 56.3 Å². The summed E-state index contributed by atoms with van der Waals surface area (Å²) >= 11 is 0. The van der Waals surface area contributed by atoms with Gasteiger partial charge in [0.05, 0.1) is 23.4 Å². The quantitative estimate of drug-likeness (QED) is 0.796. The van der Waals surface area contributed by atoms with Gasteiger partial charge in [-0.3, -0.25) is 4.72 Å². The first-order valence-electron chi connectivity index (χ1n) is 9.02. The van der Waals surface area contributed by atoms with Gasteiger partial charge in [-0.2, -0.15) is 0 Å². The lowest BCUT2D eigenvalue weighted by Crippen LogP contribution is -2.44. The summed E-state index contributed by atoms with van der Waals surface area (Å²) in [5.74, 6) is 0.685. The Balaban J connectivity index is 0.00000280. The first-order valence-corrected chi connectivity index (χ1v) is 10.5. The molecule has 154 valence electrons. The summed E-state index contributed by atoms with van der Waals surface area (Å²) in [6, 6.07) is 10.6. The number of ether oxygens (including phenoxy) is 1. The van der Waals surface area contributed by atoms with Gasteiger partial charge in [0.1, 0.15) is 5.75 Å². The Kier molecular flexibility index (Phi) is 7.20. The average molecular weight is 426 g/mol. The molecule has 0 aromatic heterocycles. The summed E-state index contributed by atoms with van der Waals surface area (Å²) in [5.41, 5.74) is 3.39. The molecule has 0 atom stereocenters. The lowest BCUT2D eigenvalue weighted by Gasteiger charge is -2.34. The number of halogens is 1. The SMILES string of the molecule is COc1ccc(S(=O)(=O)Nc2cccc(C)c2C)cc1N1CCN(C)CC1.Cl. The Morgan fingerprint density at radius 2 is 1.71 bits per heavy atom. The van der Waals surface area contributed by atoms with Crippen molar-refractivity contribution in [2.24, 2.45) is 0 Å². The average Bonchev–Trinajstić information content (AvgIpc) is 2.65. The number of piperazine rings is 1. The Morgan fingerprint density at radius 3 is 2.36 bits per heavy atom. The smallest absolute Gasteiger partial charge is 0.261 e. The number of likely N-dealkylation sites (N-methyl/N-ethyl adjacent to an activating group) is 1. The van der Waals surface area contributed by atoms with Gasteiger partial charge in [0.15, 0.2) is 0 Å². The molecular weight excluding hydrogens is 398 g/mol. The third kappa shape index (κ3) is 4.71. The van der Waals surface area contributed by atoms with E-state index < -0.39 is 10.0 Å². The van der Waals surface area contributed by atoms with Gasteiger partial charge < -0.3 is 14.5 Å². The second-order valence-electron chi connectivity index (χ2n) is 6.98. The molecule has 6 nitrogen and oxygen atoms in total. The van der Waals surface area contributed by atoms with Gasteiger partial charge in [0.2, 0.25) is 0 Å². The molecule has 1 fully saturated rings. The second-order valence-corrected chi connectivity index (χ2v) is 8.66. The minimum Gasteiger partial charge on any atom is -0.495 e. The number of benzene rings is 2. The number of rotatable bonds is 5. The van der Waals surface area contributed by atoms with Crippen LogP contribution in [-0.2, 0) is 10.0 Å². The molecule has 8 heteroatoms. The van der Waals surface area contributed by atoms with Gasteiger partial charge >= 0.3 is 0 Å². The highest BCUT2D eigenvalue weighted by Gasteiger charge is 2.22. The van der Waals surface area contributed by atoms with Crippen LogP contribution < -0.4 is 14.4 Å². The van der Waals surface area contributed by atoms with Crippen LogP contribution in [0.2, 0.25) is 0 Å². The molecule has 0 spiro atoms. The van der Waals surface area contributed by atoms with Gasteiger partial charge in [-0.25, -0.2) is 8.42 Å². The number of hydrogen-bond donors (Lipinski definition) is 1. The van der Waals surface area contributed by atoms with Crippen molar-refractivity contribution in [1.29, 1.82) is 0 Å². The lowest BCUT2D eigenvalue weighted by atomic mass is 10.1. The van der Waals surface area contributed by atoms with Crippen LogP contribution in [0.25, 0.3) is 0 Å². The van der Waals surface area contributed by atoms with E-state index in [2.05, 4.69) is 21.6 Å². The van der Waals surface area contributed by atoms with E-state index in [1.165, 1.54) is 0 Å². The predicted octanol–water partition coefficient (Wildman–Crippen LogP) is 3.29. The van der Waals surface area contributed by atoms with E-state index in [1.54, 1.807) is 31.4 Å². The summed E-state index contributed by atoms with van der Waals surface area (Å²) in [4.78, 5) is 4.67. The lowest BCUT2D eigenvalue weighted by molar-refractivity contribution is 0.311. The second kappa shape index (κ2) is 9.03. The number of aryl methyl sites for hydroxylation is 1. The molecule has 1 aliphatic heterocycles. The third-order valence-corrected chi connectivity index (χ3v) is 6.52. The van der Waals surface area contributed by atoms with Crippen molar-refractivity contribution >= 4 is 33.8 Å². The summed E-state index contributed by atoms with van der Waals surface area (Å²) < 4.78 is 34.1. The number of nitrogens with one attached hydrogen (secondary N) is 1. The van der Waals surface area contributed by atoms with Gasteiger partial charge in [0.25, 0.3) is 10.0 Å². The monoisotopic (exact) mass is 425 g/mol. The maximum Gasteiger partial charge on any atom is 0.261 e. The molecule has 1 saturated heterocycles. The molecule has 1 N–H and O–H groups in total. The van der Waals surface area contributed by atoms with Gasteiger partial charge in [0, 0.05) is 26.2 Å². The molecule has 0 amide bonds. The summed E-state index contributed by atoms with van der Waals surface area (Å²) in [5, 5.41) is 0. The van der Waals surface area contributed by atoms with E-state index in [0.29, 0.717) is 11.4 Å². The fourth-order valence-corrected chi connectivity index (χ4v) is 4.34. The molecule has 0 radical (unpaired) electrons. The van der Waals surface area contributed by atoms with Crippen LogP contribution in [0.3, 0.4) is 0 Å². The molecule has 1 aliphatic rings. The van der Waals surface area contributed by atoms with Crippen molar-refractivity contribution in [3.8, 4) is 5.75 Å². The van der Waals surface area contributed by atoms with E-state index in [1.807, 2.05) is 26.0 Å². The predicted molar refractivity (Wildman–Crippen MR) is 117 cm³/mol. The van der Waals surface area contributed by atoms with E-state index in [4.69, 9.17) is 4.74 Å². The largest absolute Gasteiger partial charge is 0.495 e. The van der Waals surface area contributed by atoms with E-state index in [0.717, 1.165) is 43.0 Å². The summed E-state index contributed by atoms with van der Waals surface area (Å²) in [6.45, 7) is 7.41. The maximum atomic E-state index is 13.0. The van der Waals surface area contributed by atoms with Crippen molar-refractivity contribution in [3.63, 3.8) is 0 Å². The minimum absolute atomic E-state index is 0. The van der Waals surface area contributed by atoms with Gasteiger partial charge in [-0.1, -0.05) is 12.1 Å². The Morgan fingerprint density at radius 1 is 1.04 bits per heavy atom. The molecule has 0 aliphatic carbocycles. The third-order valence-electron chi connectivity index (χ3n) is 5.15. The maximum absolute atomic E-state index is 13.0. The van der Waals surface area contributed by atoms with Gasteiger partial charge in [-0.15, -0.1) is 12.4 Å². The van der Waals surface area contributed by atoms with Crippen molar-refractivity contribution in [2.45, 2.75) is 18.7 Å². The fourth-order valence-electron chi connectivity index (χ4n) is 3.20. The van der Waals surface area contributed by atoms with Crippen LogP contribution >= 0.6 is 12.4 Å². The first-order chi connectivity index (χ1) is 12.8. The van der Waals surface area contributed by atoms with Crippen molar-refractivity contribution in [1.82, 2.24) is 4.90 Å². The zero-order chi connectivity index (χ0) is 19.6. The highest BCUT2D eigenvalue weighted by molar-refractivity contribution is 7.92. The molecule has 0 saturated carbocycles.